The van der Waals surface area contributed by atoms with Crippen LogP contribution < -0.4 is 0 Å². The third kappa shape index (κ3) is 4.85. The lowest BCUT2D eigenvalue weighted by atomic mass is 9.96. The van der Waals surface area contributed by atoms with E-state index in [9.17, 15) is 24.3 Å². The van der Waals surface area contributed by atoms with Crippen molar-refractivity contribution in [2.45, 2.75) is 37.1 Å². The van der Waals surface area contributed by atoms with Crippen molar-refractivity contribution in [1.29, 1.82) is 0 Å². The van der Waals surface area contributed by atoms with E-state index in [1.54, 1.807) is 14.1 Å². The third-order valence-corrected chi connectivity index (χ3v) is 14.2. The summed E-state index contributed by atoms with van der Waals surface area (Å²) < 4.78 is 4.44. The first-order valence-corrected chi connectivity index (χ1v) is 21.9. The summed E-state index contributed by atoms with van der Waals surface area (Å²) in [5.41, 5.74) is 18.1. The van der Waals surface area contributed by atoms with Crippen LogP contribution in [0.4, 0.5) is 0 Å². The van der Waals surface area contributed by atoms with Crippen LogP contribution in [-0.2, 0) is 0 Å². The zero-order chi connectivity index (χ0) is 44.9. The topological polar surface area (TPSA) is 185 Å². The van der Waals surface area contributed by atoms with Crippen molar-refractivity contribution in [1.82, 2.24) is 28.9 Å². The molecule has 0 spiro atoms. The second-order valence-corrected chi connectivity index (χ2v) is 17.6. The summed E-state index contributed by atoms with van der Waals surface area (Å²) in [7, 11) is 3.09. The van der Waals surface area contributed by atoms with E-state index in [2.05, 4.69) is 35.2 Å². The predicted molar refractivity (Wildman–Crippen MR) is 255 cm³/mol. The minimum Gasteiger partial charge on any atom is -0.389 e. The summed E-state index contributed by atoms with van der Waals surface area (Å²) in [6.45, 7) is 0. The Morgan fingerprint density at radius 2 is 0.955 bits per heavy atom. The molecule has 4 amide bonds. The van der Waals surface area contributed by atoms with Crippen LogP contribution in [0.25, 0.3) is 97.7 Å². The van der Waals surface area contributed by atoms with Crippen molar-refractivity contribution in [3.8, 4) is 0 Å². The molecule has 14 heteroatoms. The number of nitrogens with zero attached hydrogens (tertiary/aromatic N) is 7. The second-order valence-electron chi connectivity index (χ2n) is 17.6. The number of H-pyrrole nitrogens is 2. The van der Waals surface area contributed by atoms with Gasteiger partial charge in [0.2, 0.25) is 0 Å². The Bertz CT molecular complexity index is 4030. The van der Waals surface area contributed by atoms with Gasteiger partial charge in [-0.25, -0.2) is 0 Å². The molecule has 14 nitrogen and oxygen atoms in total. The van der Waals surface area contributed by atoms with Gasteiger partial charge in [-0.1, -0.05) is 102 Å². The van der Waals surface area contributed by atoms with E-state index in [0.29, 0.717) is 35.1 Å². The number of benzene rings is 6. The molecule has 2 unspecified atom stereocenters. The number of amides is 4. The van der Waals surface area contributed by atoms with Gasteiger partial charge in [0.25, 0.3) is 23.6 Å². The molecule has 2 aliphatic carbocycles. The zero-order valence-electron chi connectivity index (χ0n) is 35.5. The minimum atomic E-state index is -0.502. The monoisotopic (exact) mass is 867 g/mol. The van der Waals surface area contributed by atoms with Crippen molar-refractivity contribution >= 4 is 111 Å². The van der Waals surface area contributed by atoms with Crippen molar-refractivity contribution in [2.24, 2.45) is 5.11 Å². The molecule has 14 rings (SSSR count). The summed E-state index contributed by atoms with van der Waals surface area (Å²) in [4.78, 5) is 66.0. The number of carbonyl (C=O) groups excluding carboxylic acids is 4. The molecule has 0 saturated carbocycles. The van der Waals surface area contributed by atoms with Crippen molar-refractivity contribution in [2.75, 3.05) is 14.1 Å². The zero-order valence-corrected chi connectivity index (χ0v) is 35.5. The number of aromatic amines is 2. The number of nitrogens with one attached hydrogen (secondary N) is 2. The molecule has 0 saturated heterocycles. The van der Waals surface area contributed by atoms with Crippen LogP contribution in [0.1, 0.15) is 66.4 Å². The Kier molecular flexibility index (Phi) is 7.80. The summed E-state index contributed by atoms with van der Waals surface area (Å²) in [5, 5.41) is 21.0. The van der Waals surface area contributed by atoms with Gasteiger partial charge in [-0.3, -0.25) is 29.0 Å². The molecule has 6 aromatic carbocycles. The Balaban J connectivity index is 0.000000132. The van der Waals surface area contributed by atoms with E-state index in [1.165, 1.54) is 9.80 Å². The number of hydrogen-bond acceptors (Lipinski definition) is 6. The van der Waals surface area contributed by atoms with E-state index in [0.717, 1.165) is 87.2 Å². The molecule has 0 radical (unpaired) electrons. The lowest BCUT2D eigenvalue weighted by molar-refractivity contribution is 0.0679. The standard InChI is InChI=1S/C26H18N6O2.C26H19N3O3/c1-31-25(33)21-19-15-6-2-4-8-17(15)28-23(19)24-20(22(21)26(31)34)16-7-3-5-9-18(16)32(24)14-11-10-13(12-14)29-30-27;1-28-25(31)21-19-15-6-2-4-8-17(15)27-23(19)24-20(22(21)26(28)32)16-7-3-5-9-18(16)29(24)13-10-11-14(30)12-13/h2-11,13-14,28H,12H2,1H3;2-11,13-14,27,30H,12H2,1H3/t13-,14?;13?,14-/m11/s1. The number of hydrogen-bond donors (Lipinski definition) is 3. The first kappa shape index (κ1) is 38.0. The largest absolute Gasteiger partial charge is 0.389 e. The number of imide groups is 2. The maximum absolute atomic E-state index is 13.5. The molecule has 3 N–H and O–H groups in total. The molecule has 0 bridgehead atoms. The van der Waals surface area contributed by atoms with Crippen LogP contribution in [0.15, 0.2) is 126 Å². The molecule has 4 aromatic heterocycles. The Hall–Kier alpha value is -8.45. The molecule has 4 aliphatic rings. The highest BCUT2D eigenvalue weighted by molar-refractivity contribution is 6.40. The average molecular weight is 868 g/mol. The van der Waals surface area contributed by atoms with Crippen molar-refractivity contribution < 1.29 is 24.3 Å². The molecule has 10 aromatic rings. The Labute approximate surface area is 373 Å². The number of azide groups is 1. The predicted octanol–water partition coefficient (Wildman–Crippen LogP) is 10.4. The van der Waals surface area contributed by atoms with E-state index in [1.807, 2.05) is 115 Å². The molecule has 320 valence electrons. The molecular formula is C52H37N9O5. The highest BCUT2D eigenvalue weighted by Crippen LogP contribution is 2.49. The van der Waals surface area contributed by atoms with Gasteiger partial charge in [-0.05, 0) is 36.2 Å². The summed E-state index contributed by atoms with van der Waals surface area (Å²) in [5.74, 6) is -1.10. The number of aliphatic hydroxyl groups is 1. The lowest BCUT2D eigenvalue weighted by Crippen LogP contribution is -2.24. The highest BCUT2D eigenvalue weighted by Gasteiger charge is 2.42. The minimum absolute atomic E-state index is 0.0509. The average Bonchev–Trinajstić information content (AvgIpc) is 4.22. The molecule has 6 heterocycles. The quantitative estimate of drug-likeness (QED) is 0.0524. The fourth-order valence-electron chi connectivity index (χ4n) is 11.4. The fraction of sp³-hybridized carbons (Fsp3) is 0.154. The SMILES string of the molecule is CN1C(=O)c2c(c3c4ccccc4n(C4C=C[C@@H](N=[N+]=[N-])C4)c3c3[nH]c4ccccc4c23)C1=O.CN1C(=O)c2c(c3c4ccccc4n(C4C=C[C@@H](O)C4)c3c3[nH]c4ccccc4c23)C1=O. The van der Waals surface area contributed by atoms with E-state index >= 15 is 0 Å². The fourth-order valence-corrected chi connectivity index (χ4v) is 11.4. The maximum atomic E-state index is 13.5. The third-order valence-electron chi connectivity index (χ3n) is 14.2. The molecule has 2 aliphatic heterocycles. The number of allylic oxidation sites excluding steroid dienone is 2. The van der Waals surface area contributed by atoms with Crippen LogP contribution in [0.2, 0.25) is 0 Å². The van der Waals surface area contributed by atoms with Gasteiger partial charge in [0, 0.05) is 90.6 Å². The van der Waals surface area contributed by atoms with E-state index < -0.39 is 6.10 Å². The molecule has 4 atom stereocenters. The van der Waals surface area contributed by atoms with Gasteiger partial charge in [0.1, 0.15) is 0 Å². The molecule has 66 heavy (non-hydrogen) atoms. The second kappa shape index (κ2) is 13.5. The number of rotatable bonds is 3. The van der Waals surface area contributed by atoms with Crippen molar-refractivity contribution in [3.05, 3.63) is 154 Å². The molecule has 0 fully saturated rings. The Morgan fingerprint density at radius 3 is 1.41 bits per heavy atom. The van der Waals surface area contributed by atoms with Gasteiger partial charge in [-0.15, -0.1) is 0 Å². The first-order chi connectivity index (χ1) is 32.2. The summed E-state index contributed by atoms with van der Waals surface area (Å²) in [6.07, 6.45) is 8.54. The van der Waals surface area contributed by atoms with Crippen LogP contribution in [-0.4, -0.2) is 83.9 Å². The Morgan fingerprint density at radius 1 is 0.545 bits per heavy atom. The number of para-hydroxylation sites is 4. The molecular weight excluding hydrogens is 831 g/mol. The van der Waals surface area contributed by atoms with E-state index in [-0.39, 0.29) is 41.8 Å². The van der Waals surface area contributed by atoms with Crippen LogP contribution in [0, 0.1) is 0 Å². The van der Waals surface area contributed by atoms with Gasteiger partial charge < -0.3 is 24.2 Å². The normalized spacial score (nSPS) is 20.2. The van der Waals surface area contributed by atoms with Crippen molar-refractivity contribution in [3.63, 3.8) is 0 Å². The lowest BCUT2D eigenvalue weighted by Gasteiger charge is -2.16. The maximum Gasteiger partial charge on any atom is 0.262 e. The number of aromatic nitrogens is 4. The smallest absolute Gasteiger partial charge is 0.262 e. The number of aliphatic hydroxyl groups excluding tert-OH is 1. The van der Waals surface area contributed by atoms with Gasteiger partial charge in [0.05, 0.1) is 68.6 Å². The van der Waals surface area contributed by atoms with Crippen LogP contribution in [0.5, 0.6) is 0 Å². The summed E-state index contributed by atoms with van der Waals surface area (Å²) >= 11 is 0. The van der Waals surface area contributed by atoms with Crippen LogP contribution in [0.3, 0.4) is 0 Å². The van der Waals surface area contributed by atoms with E-state index in [4.69, 9.17) is 5.53 Å². The first-order valence-electron chi connectivity index (χ1n) is 21.9. The van der Waals surface area contributed by atoms with Gasteiger partial charge in [-0.2, -0.15) is 0 Å². The highest BCUT2D eigenvalue weighted by atomic mass is 16.3. The number of carbonyl (C=O) groups is 4. The van der Waals surface area contributed by atoms with Gasteiger partial charge >= 0.3 is 0 Å². The number of fused-ring (bicyclic) bond motifs is 20. The van der Waals surface area contributed by atoms with Gasteiger partial charge in [0.15, 0.2) is 0 Å². The summed E-state index contributed by atoms with van der Waals surface area (Å²) in [6, 6.07) is 31.4. The van der Waals surface area contributed by atoms with Crippen LogP contribution >= 0.6 is 0 Å².